The van der Waals surface area contributed by atoms with Crippen LogP contribution >= 0.6 is 0 Å². The molecule has 0 aliphatic carbocycles. The quantitative estimate of drug-likeness (QED) is 0.871. The van der Waals surface area contributed by atoms with Gasteiger partial charge in [0, 0.05) is 5.69 Å². The predicted octanol–water partition coefficient (Wildman–Crippen LogP) is 2.75. The molecule has 7 heteroatoms. The third kappa shape index (κ3) is 4.39. The van der Waals surface area contributed by atoms with Crippen LogP contribution in [0.5, 0.6) is 0 Å². The molecule has 1 atom stereocenters. The topological polar surface area (TPSA) is 75.3 Å². The van der Waals surface area contributed by atoms with Crippen molar-refractivity contribution >= 4 is 21.6 Å². The van der Waals surface area contributed by atoms with Crippen molar-refractivity contribution < 1.29 is 17.6 Å². The van der Waals surface area contributed by atoms with Gasteiger partial charge in [-0.25, -0.2) is 12.8 Å². The van der Waals surface area contributed by atoms with Crippen LogP contribution in [0, 0.1) is 19.7 Å². The van der Waals surface area contributed by atoms with Gasteiger partial charge in [-0.05, 0) is 56.7 Å². The summed E-state index contributed by atoms with van der Waals surface area (Å²) in [4.78, 5) is 12.1. The molecule has 0 radical (unpaired) electrons. The molecule has 0 aromatic heterocycles. The molecule has 2 aromatic rings. The second-order valence-corrected chi connectivity index (χ2v) is 7.32. The van der Waals surface area contributed by atoms with Gasteiger partial charge in [0.25, 0.3) is 0 Å². The van der Waals surface area contributed by atoms with E-state index in [2.05, 4.69) is 10.0 Å². The van der Waals surface area contributed by atoms with Gasteiger partial charge >= 0.3 is 0 Å². The summed E-state index contributed by atoms with van der Waals surface area (Å²) in [5, 5.41) is 2.69. The van der Waals surface area contributed by atoms with Crippen LogP contribution in [0.2, 0.25) is 0 Å². The number of amides is 1. The highest BCUT2D eigenvalue weighted by atomic mass is 32.2. The van der Waals surface area contributed by atoms with Gasteiger partial charge < -0.3 is 5.32 Å². The van der Waals surface area contributed by atoms with Gasteiger partial charge in [-0.3, -0.25) is 4.79 Å². The van der Waals surface area contributed by atoms with Gasteiger partial charge in [-0.1, -0.05) is 17.7 Å². The highest BCUT2D eigenvalue weighted by molar-refractivity contribution is 7.89. The van der Waals surface area contributed by atoms with Crippen molar-refractivity contribution in [1.82, 2.24) is 4.72 Å². The van der Waals surface area contributed by atoms with Crippen molar-refractivity contribution in [2.75, 3.05) is 5.32 Å². The third-order valence-electron chi connectivity index (χ3n) is 3.49. The summed E-state index contributed by atoms with van der Waals surface area (Å²) in [6.07, 6.45) is 0. The smallest absolute Gasteiger partial charge is 0.242 e. The number of hydrogen-bond donors (Lipinski definition) is 2. The van der Waals surface area contributed by atoms with Gasteiger partial charge in [0.2, 0.25) is 15.9 Å². The van der Waals surface area contributed by atoms with Gasteiger partial charge in [-0.15, -0.1) is 0 Å². The number of carbonyl (C=O) groups excluding carboxylic acids is 1. The first kappa shape index (κ1) is 18.1. The van der Waals surface area contributed by atoms with E-state index >= 15 is 0 Å². The lowest BCUT2D eigenvalue weighted by molar-refractivity contribution is -0.117. The second kappa shape index (κ2) is 7.11. The Labute approximate surface area is 141 Å². The number of nitrogens with one attached hydrogen (secondary N) is 2. The first-order chi connectivity index (χ1) is 11.2. The molecule has 1 unspecified atom stereocenters. The monoisotopic (exact) mass is 350 g/mol. The predicted molar refractivity (Wildman–Crippen MR) is 90.7 cm³/mol. The Morgan fingerprint density at radius 1 is 1.08 bits per heavy atom. The zero-order valence-electron chi connectivity index (χ0n) is 13.6. The standard InChI is InChI=1S/C17H19FN2O3S/c1-11-4-9-16(12(2)10-11)19-17(21)13(3)20-24(22,23)15-7-5-14(18)6-8-15/h4-10,13,20H,1-3H3,(H,19,21). The summed E-state index contributed by atoms with van der Waals surface area (Å²) in [5.74, 6) is -1.01. The Morgan fingerprint density at radius 2 is 1.71 bits per heavy atom. The lowest BCUT2D eigenvalue weighted by Gasteiger charge is -2.16. The lowest BCUT2D eigenvalue weighted by Crippen LogP contribution is -2.41. The number of benzene rings is 2. The lowest BCUT2D eigenvalue weighted by atomic mass is 10.1. The zero-order valence-corrected chi connectivity index (χ0v) is 14.4. The Kier molecular flexibility index (Phi) is 5.36. The molecule has 0 spiro atoms. The van der Waals surface area contributed by atoms with Crippen LogP contribution in [0.25, 0.3) is 0 Å². The van der Waals surface area contributed by atoms with Crippen molar-refractivity contribution in [3.8, 4) is 0 Å². The normalized spacial score (nSPS) is 12.7. The second-order valence-electron chi connectivity index (χ2n) is 5.60. The third-order valence-corrected chi connectivity index (χ3v) is 5.05. The van der Waals surface area contributed by atoms with E-state index < -0.39 is 27.8 Å². The zero-order chi connectivity index (χ0) is 17.9. The van der Waals surface area contributed by atoms with E-state index in [-0.39, 0.29) is 4.90 Å². The average molecular weight is 350 g/mol. The van der Waals surface area contributed by atoms with Crippen LogP contribution in [0.4, 0.5) is 10.1 Å². The number of hydrogen-bond acceptors (Lipinski definition) is 3. The number of anilines is 1. The Morgan fingerprint density at radius 3 is 2.29 bits per heavy atom. The van der Waals surface area contributed by atoms with Crippen molar-refractivity contribution in [2.45, 2.75) is 31.7 Å². The Bertz CT molecular complexity index is 849. The van der Waals surface area contributed by atoms with Crippen molar-refractivity contribution in [3.05, 3.63) is 59.4 Å². The van der Waals surface area contributed by atoms with Gasteiger partial charge in [-0.2, -0.15) is 4.72 Å². The molecule has 1 amide bonds. The first-order valence-corrected chi connectivity index (χ1v) is 8.83. The van der Waals surface area contributed by atoms with Crippen LogP contribution in [-0.4, -0.2) is 20.4 Å². The van der Waals surface area contributed by atoms with Crippen molar-refractivity contribution in [2.24, 2.45) is 0 Å². The molecule has 0 aliphatic rings. The molecule has 0 fully saturated rings. The molecular formula is C17H19FN2O3S. The molecule has 0 bridgehead atoms. The number of aryl methyl sites for hydroxylation is 2. The fourth-order valence-corrected chi connectivity index (χ4v) is 3.37. The highest BCUT2D eigenvalue weighted by Crippen LogP contribution is 2.16. The minimum atomic E-state index is -3.91. The van der Waals surface area contributed by atoms with Gasteiger partial charge in [0.1, 0.15) is 5.82 Å². The Hall–Kier alpha value is -2.25. The van der Waals surface area contributed by atoms with Crippen LogP contribution in [-0.2, 0) is 14.8 Å². The van der Waals surface area contributed by atoms with E-state index in [1.807, 2.05) is 26.0 Å². The maximum atomic E-state index is 12.9. The van der Waals surface area contributed by atoms with Crippen LogP contribution in [0.1, 0.15) is 18.1 Å². The molecule has 2 aromatic carbocycles. The maximum absolute atomic E-state index is 12.9. The molecule has 0 saturated carbocycles. The average Bonchev–Trinajstić information content (AvgIpc) is 2.50. The molecule has 0 heterocycles. The van der Waals surface area contributed by atoms with Crippen LogP contribution in [0.15, 0.2) is 47.4 Å². The van der Waals surface area contributed by atoms with E-state index in [1.54, 1.807) is 6.07 Å². The molecule has 2 rings (SSSR count). The van der Waals surface area contributed by atoms with Crippen LogP contribution < -0.4 is 10.0 Å². The fourth-order valence-electron chi connectivity index (χ4n) is 2.16. The minimum absolute atomic E-state index is 0.102. The molecule has 128 valence electrons. The summed E-state index contributed by atoms with van der Waals surface area (Å²) in [5.41, 5.74) is 2.57. The summed E-state index contributed by atoms with van der Waals surface area (Å²) in [7, 11) is -3.91. The Balaban J connectivity index is 2.09. The molecule has 0 saturated heterocycles. The maximum Gasteiger partial charge on any atom is 0.242 e. The fraction of sp³-hybridized carbons (Fsp3) is 0.235. The largest absolute Gasteiger partial charge is 0.324 e. The highest BCUT2D eigenvalue weighted by Gasteiger charge is 2.22. The van der Waals surface area contributed by atoms with Crippen molar-refractivity contribution in [1.29, 1.82) is 0 Å². The van der Waals surface area contributed by atoms with Gasteiger partial charge in [0.05, 0.1) is 10.9 Å². The van der Waals surface area contributed by atoms with E-state index in [4.69, 9.17) is 0 Å². The number of carbonyl (C=O) groups is 1. The summed E-state index contributed by atoms with van der Waals surface area (Å²) in [6.45, 7) is 5.24. The van der Waals surface area contributed by atoms with Gasteiger partial charge in [0.15, 0.2) is 0 Å². The van der Waals surface area contributed by atoms with Crippen LogP contribution in [0.3, 0.4) is 0 Å². The minimum Gasteiger partial charge on any atom is -0.324 e. The van der Waals surface area contributed by atoms with E-state index in [0.717, 1.165) is 35.4 Å². The SMILES string of the molecule is Cc1ccc(NC(=O)C(C)NS(=O)(=O)c2ccc(F)cc2)c(C)c1. The molecule has 2 N–H and O–H groups in total. The van der Waals surface area contributed by atoms with Crippen molar-refractivity contribution in [3.63, 3.8) is 0 Å². The summed E-state index contributed by atoms with van der Waals surface area (Å²) in [6, 6.07) is 8.95. The molecular weight excluding hydrogens is 331 g/mol. The molecule has 5 nitrogen and oxygen atoms in total. The number of halogens is 1. The first-order valence-electron chi connectivity index (χ1n) is 7.35. The number of sulfonamides is 1. The summed E-state index contributed by atoms with van der Waals surface area (Å²) < 4.78 is 39.6. The molecule has 24 heavy (non-hydrogen) atoms. The number of rotatable bonds is 5. The van der Waals surface area contributed by atoms with E-state index in [1.165, 1.54) is 6.92 Å². The van der Waals surface area contributed by atoms with E-state index in [9.17, 15) is 17.6 Å². The van der Waals surface area contributed by atoms with E-state index in [0.29, 0.717) is 5.69 Å². The summed E-state index contributed by atoms with van der Waals surface area (Å²) >= 11 is 0. The molecule has 0 aliphatic heterocycles.